The van der Waals surface area contributed by atoms with Crippen LogP contribution in [0.3, 0.4) is 0 Å². The molecule has 0 aliphatic rings. The van der Waals surface area contributed by atoms with Gasteiger partial charge in [0.2, 0.25) is 0 Å². The number of aromatic nitrogens is 2. The van der Waals surface area contributed by atoms with Crippen molar-refractivity contribution in [1.29, 1.82) is 0 Å². The second kappa shape index (κ2) is 4.77. The number of hydrogen-bond acceptors (Lipinski definition) is 4. The molecular weight excluding hydrogens is 214 g/mol. The number of nitrogens with zero attached hydrogens (tertiary/aromatic N) is 2. The maximum atomic E-state index is 9.15. The van der Waals surface area contributed by atoms with Crippen molar-refractivity contribution in [1.82, 2.24) is 15.3 Å². The standard InChI is InChI=1S/C13H17N3O/c1-13(2,9-17)15-8-10-7-14-11-5-3-4-6-12(11)16-10/h3-7,15,17H,8-9H2,1-2H3. The Kier molecular flexibility index (Phi) is 3.36. The van der Waals surface area contributed by atoms with Crippen molar-refractivity contribution in [3.05, 3.63) is 36.2 Å². The van der Waals surface area contributed by atoms with Crippen LogP contribution < -0.4 is 5.32 Å². The van der Waals surface area contributed by atoms with Gasteiger partial charge in [0, 0.05) is 12.1 Å². The van der Waals surface area contributed by atoms with E-state index in [2.05, 4.69) is 15.3 Å². The summed E-state index contributed by atoms with van der Waals surface area (Å²) in [5.74, 6) is 0. The molecule has 17 heavy (non-hydrogen) atoms. The Labute approximate surface area is 101 Å². The van der Waals surface area contributed by atoms with Gasteiger partial charge in [-0.25, -0.2) is 4.98 Å². The van der Waals surface area contributed by atoms with Gasteiger partial charge in [-0.2, -0.15) is 0 Å². The quantitative estimate of drug-likeness (QED) is 0.837. The van der Waals surface area contributed by atoms with E-state index in [0.717, 1.165) is 16.7 Å². The van der Waals surface area contributed by atoms with E-state index in [-0.39, 0.29) is 12.1 Å². The van der Waals surface area contributed by atoms with Crippen LogP contribution in [0.5, 0.6) is 0 Å². The van der Waals surface area contributed by atoms with E-state index in [1.807, 2.05) is 38.1 Å². The van der Waals surface area contributed by atoms with Crippen LogP contribution in [0.25, 0.3) is 11.0 Å². The summed E-state index contributed by atoms with van der Waals surface area (Å²) in [6, 6.07) is 7.79. The van der Waals surface area contributed by atoms with E-state index in [1.165, 1.54) is 0 Å². The highest BCUT2D eigenvalue weighted by atomic mass is 16.3. The Hall–Kier alpha value is -1.52. The van der Waals surface area contributed by atoms with Crippen molar-refractivity contribution in [3.8, 4) is 0 Å². The van der Waals surface area contributed by atoms with Crippen molar-refractivity contribution >= 4 is 11.0 Å². The summed E-state index contributed by atoms with van der Waals surface area (Å²) in [6.45, 7) is 4.59. The van der Waals surface area contributed by atoms with Gasteiger partial charge >= 0.3 is 0 Å². The number of fused-ring (bicyclic) bond motifs is 1. The van der Waals surface area contributed by atoms with Gasteiger partial charge in [-0.15, -0.1) is 0 Å². The number of nitrogens with one attached hydrogen (secondary N) is 1. The van der Waals surface area contributed by atoms with Gasteiger partial charge in [-0.1, -0.05) is 12.1 Å². The molecule has 4 nitrogen and oxygen atoms in total. The van der Waals surface area contributed by atoms with Crippen LogP contribution in [-0.2, 0) is 6.54 Å². The first kappa shape index (κ1) is 12.0. The Morgan fingerprint density at radius 3 is 2.65 bits per heavy atom. The fraction of sp³-hybridized carbons (Fsp3) is 0.385. The molecule has 0 bridgehead atoms. The molecule has 0 aliphatic heterocycles. The minimum Gasteiger partial charge on any atom is -0.394 e. The van der Waals surface area contributed by atoms with E-state index in [4.69, 9.17) is 5.11 Å². The molecule has 2 rings (SSSR count). The lowest BCUT2D eigenvalue weighted by Gasteiger charge is -2.23. The fourth-order valence-electron chi connectivity index (χ4n) is 1.47. The maximum absolute atomic E-state index is 9.15. The zero-order valence-corrected chi connectivity index (χ0v) is 10.1. The SMILES string of the molecule is CC(C)(CO)NCc1cnc2ccccc2n1. The van der Waals surface area contributed by atoms with Gasteiger partial charge in [-0.05, 0) is 26.0 Å². The van der Waals surface area contributed by atoms with E-state index < -0.39 is 0 Å². The van der Waals surface area contributed by atoms with Gasteiger partial charge in [-0.3, -0.25) is 4.98 Å². The number of para-hydroxylation sites is 2. The molecule has 90 valence electrons. The third kappa shape index (κ3) is 2.99. The maximum Gasteiger partial charge on any atom is 0.0890 e. The summed E-state index contributed by atoms with van der Waals surface area (Å²) in [6.07, 6.45) is 1.77. The monoisotopic (exact) mass is 231 g/mol. The first-order chi connectivity index (χ1) is 8.11. The van der Waals surface area contributed by atoms with Crippen LogP contribution in [0.4, 0.5) is 0 Å². The first-order valence-corrected chi connectivity index (χ1v) is 5.67. The number of hydrogen-bond donors (Lipinski definition) is 2. The average Bonchev–Trinajstić information content (AvgIpc) is 2.36. The molecule has 1 heterocycles. The Bertz CT molecular complexity index is 511. The summed E-state index contributed by atoms with van der Waals surface area (Å²) in [7, 11) is 0. The number of aliphatic hydroxyl groups is 1. The predicted molar refractivity (Wildman–Crippen MR) is 67.5 cm³/mol. The van der Waals surface area contributed by atoms with Gasteiger partial charge < -0.3 is 10.4 Å². The van der Waals surface area contributed by atoms with Crippen molar-refractivity contribution < 1.29 is 5.11 Å². The molecule has 0 aliphatic carbocycles. The molecular formula is C13H17N3O. The smallest absolute Gasteiger partial charge is 0.0890 e. The molecule has 1 aromatic carbocycles. The van der Waals surface area contributed by atoms with Crippen LogP contribution in [0.2, 0.25) is 0 Å². The molecule has 0 unspecified atom stereocenters. The Balaban J connectivity index is 2.14. The molecule has 0 amide bonds. The normalized spacial score (nSPS) is 11.9. The summed E-state index contributed by atoms with van der Waals surface area (Å²) in [5, 5.41) is 12.4. The minimum absolute atomic E-state index is 0.0913. The molecule has 0 spiro atoms. The highest BCUT2D eigenvalue weighted by Crippen LogP contribution is 2.09. The molecule has 2 aromatic rings. The van der Waals surface area contributed by atoms with Crippen molar-refractivity contribution in [2.24, 2.45) is 0 Å². The van der Waals surface area contributed by atoms with Gasteiger partial charge in [0.05, 0.1) is 29.5 Å². The molecule has 0 saturated carbocycles. The van der Waals surface area contributed by atoms with Gasteiger partial charge in [0.15, 0.2) is 0 Å². The van der Waals surface area contributed by atoms with Crippen molar-refractivity contribution in [2.75, 3.05) is 6.61 Å². The highest BCUT2D eigenvalue weighted by Gasteiger charge is 2.15. The molecule has 0 radical (unpaired) electrons. The molecule has 0 atom stereocenters. The van der Waals surface area contributed by atoms with Crippen LogP contribution in [0, 0.1) is 0 Å². The van der Waals surface area contributed by atoms with Crippen LogP contribution in [-0.4, -0.2) is 27.2 Å². The number of aliphatic hydroxyl groups excluding tert-OH is 1. The van der Waals surface area contributed by atoms with E-state index in [9.17, 15) is 0 Å². The molecule has 0 saturated heterocycles. The topological polar surface area (TPSA) is 58.0 Å². The largest absolute Gasteiger partial charge is 0.394 e. The highest BCUT2D eigenvalue weighted by molar-refractivity contribution is 5.73. The molecule has 0 fully saturated rings. The van der Waals surface area contributed by atoms with Crippen LogP contribution in [0.15, 0.2) is 30.5 Å². The third-order valence-electron chi connectivity index (χ3n) is 2.64. The molecule has 2 N–H and O–H groups in total. The molecule has 1 aromatic heterocycles. The summed E-state index contributed by atoms with van der Waals surface area (Å²) in [5.41, 5.74) is 2.38. The Morgan fingerprint density at radius 1 is 1.24 bits per heavy atom. The predicted octanol–water partition coefficient (Wildman–Crippen LogP) is 1.49. The number of benzene rings is 1. The fourth-order valence-corrected chi connectivity index (χ4v) is 1.47. The lowest BCUT2D eigenvalue weighted by molar-refractivity contribution is 0.187. The van der Waals surface area contributed by atoms with Crippen LogP contribution >= 0.6 is 0 Å². The summed E-state index contributed by atoms with van der Waals surface area (Å²) in [4.78, 5) is 8.85. The van der Waals surface area contributed by atoms with Gasteiger partial charge in [0.1, 0.15) is 0 Å². The Morgan fingerprint density at radius 2 is 1.94 bits per heavy atom. The van der Waals surface area contributed by atoms with E-state index >= 15 is 0 Å². The van der Waals surface area contributed by atoms with Crippen LogP contribution in [0.1, 0.15) is 19.5 Å². The zero-order valence-electron chi connectivity index (χ0n) is 10.1. The lowest BCUT2D eigenvalue weighted by Crippen LogP contribution is -2.42. The van der Waals surface area contributed by atoms with E-state index in [0.29, 0.717) is 6.54 Å². The summed E-state index contributed by atoms with van der Waals surface area (Å²) < 4.78 is 0. The van der Waals surface area contributed by atoms with Crippen molar-refractivity contribution in [3.63, 3.8) is 0 Å². The van der Waals surface area contributed by atoms with E-state index in [1.54, 1.807) is 6.20 Å². The second-order valence-electron chi connectivity index (χ2n) is 4.75. The molecule has 4 heteroatoms. The third-order valence-corrected chi connectivity index (χ3v) is 2.64. The number of rotatable bonds is 4. The average molecular weight is 231 g/mol. The minimum atomic E-state index is -0.298. The van der Waals surface area contributed by atoms with Gasteiger partial charge in [0.25, 0.3) is 0 Å². The zero-order chi connectivity index (χ0) is 12.3. The lowest BCUT2D eigenvalue weighted by atomic mass is 10.1. The van der Waals surface area contributed by atoms with Crippen molar-refractivity contribution in [2.45, 2.75) is 25.9 Å². The summed E-state index contributed by atoms with van der Waals surface area (Å²) >= 11 is 0. The second-order valence-corrected chi connectivity index (χ2v) is 4.75. The first-order valence-electron chi connectivity index (χ1n) is 5.67.